The van der Waals surface area contributed by atoms with Gasteiger partial charge in [-0.2, -0.15) is 0 Å². The molecule has 0 aliphatic rings. The number of amides is 1. The molecule has 4 nitrogen and oxygen atoms in total. The first-order valence-electron chi connectivity index (χ1n) is 7.84. The molecule has 2 heterocycles. The average molecular weight is 317 g/mol. The van der Waals surface area contributed by atoms with E-state index in [1.165, 1.54) is 11.1 Å². The molecule has 0 aliphatic carbocycles. The summed E-state index contributed by atoms with van der Waals surface area (Å²) in [4.78, 5) is 20.5. The van der Waals surface area contributed by atoms with E-state index < -0.39 is 0 Å². The second-order valence-electron chi connectivity index (χ2n) is 5.78. The number of carbonyl (C=O) groups is 1. The van der Waals surface area contributed by atoms with Gasteiger partial charge in [0, 0.05) is 30.7 Å². The molecule has 2 aromatic heterocycles. The molecule has 3 aromatic rings. The van der Waals surface area contributed by atoms with Crippen LogP contribution in [0.1, 0.15) is 27.2 Å². The molecule has 1 N–H and O–H groups in total. The Kier molecular flexibility index (Phi) is 4.66. The maximum absolute atomic E-state index is 12.2. The third-order valence-electron chi connectivity index (χ3n) is 4.01. The van der Waals surface area contributed by atoms with Gasteiger partial charge in [-0.15, -0.1) is 0 Å². The Bertz CT molecular complexity index is 843. The van der Waals surface area contributed by atoms with E-state index in [0.29, 0.717) is 12.2 Å². The normalized spacial score (nSPS) is 10.4. The van der Waals surface area contributed by atoms with Crippen LogP contribution in [0.25, 0.3) is 11.1 Å². The number of rotatable bonds is 4. The Hall–Kier alpha value is -3.01. The molecular weight excluding hydrogens is 298 g/mol. The van der Waals surface area contributed by atoms with Gasteiger partial charge in [0.15, 0.2) is 0 Å². The van der Waals surface area contributed by atoms with Gasteiger partial charge in [-0.25, -0.2) is 0 Å². The van der Waals surface area contributed by atoms with E-state index in [1.54, 1.807) is 24.7 Å². The highest BCUT2D eigenvalue weighted by molar-refractivity contribution is 5.92. The first-order valence-corrected chi connectivity index (χ1v) is 7.84. The standard InChI is InChI=1S/C20H19N3O/c1-14-5-6-17(10-15(14)2)18-7-8-19(22-13-18)20(24)23-12-16-4-3-9-21-11-16/h3-11,13H,12H2,1-2H3,(H,23,24). The third-order valence-corrected chi connectivity index (χ3v) is 4.01. The van der Waals surface area contributed by atoms with Gasteiger partial charge >= 0.3 is 0 Å². The van der Waals surface area contributed by atoms with Crippen molar-refractivity contribution in [2.24, 2.45) is 0 Å². The van der Waals surface area contributed by atoms with Crippen molar-refractivity contribution < 1.29 is 4.79 Å². The summed E-state index contributed by atoms with van der Waals surface area (Å²) in [5, 5.41) is 2.85. The van der Waals surface area contributed by atoms with Crippen molar-refractivity contribution in [2.75, 3.05) is 0 Å². The Labute approximate surface area is 141 Å². The van der Waals surface area contributed by atoms with Crippen molar-refractivity contribution in [1.82, 2.24) is 15.3 Å². The topological polar surface area (TPSA) is 54.9 Å². The molecule has 0 saturated heterocycles. The van der Waals surface area contributed by atoms with Crippen LogP contribution < -0.4 is 5.32 Å². The van der Waals surface area contributed by atoms with Gasteiger partial charge in [0.2, 0.25) is 0 Å². The molecule has 1 amide bonds. The van der Waals surface area contributed by atoms with E-state index >= 15 is 0 Å². The van der Waals surface area contributed by atoms with E-state index in [2.05, 4.69) is 47.3 Å². The summed E-state index contributed by atoms with van der Waals surface area (Å²) < 4.78 is 0. The molecule has 120 valence electrons. The van der Waals surface area contributed by atoms with Crippen LogP contribution in [0.5, 0.6) is 0 Å². The van der Waals surface area contributed by atoms with Gasteiger partial charge in [0.05, 0.1) is 0 Å². The number of aromatic nitrogens is 2. The van der Waals surface area contributed by atoms with Gasteiger partial charge < -0.3 is 5.32 Å². The van der Waals surface area contributed by atoms with Crippen molar-refractivity contribution in [3.05, 3.63) is 83.4 Å². The third kappa shape index (κ3) is 3.66. The molecule has 24 heavy (non-hydrogen) atoms. The lowest BCUT2D eigenvalue weighted by Gasteiger charge is -2.07. The van der Waals surface area contributed by atoms with Crippen molar-refractivity contribution in [1.29, 1.82) is 0 Å². The number of pyridine rings is 2. The maximum atomic E-state index is 12.2. The van der Waals surface area contributed by atoms with Gasteiger partial charge in [-0.05, 0) is 48.2 Å². The predicted octanol–water partition coefficient (Wildman–Crippen LogP) is 3.69. The lowest BCUT2D eigenvalue weighted by atomic mass is 10.0. The molecule has 0 radical (unpaired) electrons. The summed E-state index contributed by atoms with van der Waals surface area (Å²) >= 11 is 0. The first-order chi connectivity index (χ1) is 11.6. The minimum absolute atomic E-state index is 0.189. The van der Waals surface area contributed by atoms with Crippen LogP contribution in [0, 0.1) is 13.8 Å². The van der Waals surface area contributed by atoms with Crippen LogP contribution in [0.2, 0.25) is 0 Å². The number of nitrogens with zero attached hydrogens (tertiary/aromatic N) is 2. The molecule has 0 atom stereocenters. The lowest BCUT2D eigenvalue weighted by molar-refractivity contribution is 0.0946. The van der Waals surface area contributed by atoms with Gasteiger partial charge in [0.25, 0.3) is 5.91 Å². The van der Waals surface area contributed by atoms with Gasteiger partial charge in [0.1, 0.15) is 5.69 Å². The molecule has 0 fully saturated rings. The summed E-state index contributed by atoms with van der Waals surface area (Å²) in [6, 6.07) is 13.7. The number of benzene rings is 1. The number of aryl methyl sites for hydroxylation is 2. The number of nitrogens with one attached hydrogen (secondary N) is 1. The van der Waals surface area contributed by atoms with Crippen LogP contribution in [0.15, 0.2) is 61.1 Å². The van der Waals surface area contributed by atoms with Crippen molar-refractivity contribution >= 4 is 5.91 Å². The zero-order chi connectivity index (χ0) is 16.9. The number of carbonyl (C=O) groups excluding carboxylic acids is 1. The Morgan fingerprint density at radius 1 is 1.00 bits per heavy atom. The predicted molar refractivity (Wildman–Crippen MR) is 94.6 cm³/mol. The van der Waals surface area contributed by atoms with E-state index in [1.807, 2.05) is 18.2 Å². The molecule has 0 unspecified atom stereocenters. The van der Waals surface area contributed by atoms with E-state index in [9.17, 15) is 4.79 Å². The SMILES string of the molecule is Cc1ccc(-c2ccc(C(=O)NCc3cccnc3)nc2)cc1C. The van der Waals surface area contributed by atoms with Crippen molar-refractivity contribution in [3.63, 3.8) is 0 Å². The monoisotopic (exact) mass is 317 g/mol. The Morgan fingerprint density at radius 2 is 1.83 bits per heavy atom. The fourth-order valence-corrected chi connectivity index (χ4v) is 2.40. The van der Waals surface area contributed by atoms with E-state index in [0.717, 1.165) is 16.7 Å². The Balaban J connectivity index is 1.69. The minimum Gasteiger partial charge on any atom is -0.347 e. The summed E-state index contributed by atoms with van der Waals surface area (Å²) in [5.74, 6) is -0.189. The maximum Gasteiger partial charge on any atom is 0.270 e. The highest BCUT2D eigenvalue weighted by Crippen LogP contribution is 2.21. The highest BCUT2D eigenvalue weighted by Gasteiger charge is 2.08. The smallest absolute Gasteiger partial charge is 0.270 e. The summed E-state index contributed by atoms with van der Waals surface area (Å²) in [5.41, 5.74) is 5.97. The molecule has 0 spiro atoms. The van der Waals surface area contributed by atoms with Crippen LogP contribution in [-0.4, -0.2) is 15.9 Å². The molecule has 0 saturated carbocycles. The first kappa shape index (κ1) is 15.9. The Morgan fingerprint density at radius 3 is 2.50 bits per heavy atom. The zero-order valence-corrected chi connectivity index (χ0v) is 13.8. The van der Waals surface area contributed by atoms with E-state index in [-0.39, 0.29) is 5.91 Å². The van der Waals surface area contributed by atoms with Crippen LogP contribution >= 0.6 is 0 Å². The van der Waals surface area contributed by atoms with Crippen LogP contribution in [0.4, 0.5) is 0 Å². The minimum atomic E-state index is -0.189. The quantitative estimate of drug-likeness (QED) is 0.798. The number of hydrogen-bond donors (Lipinski definition) is 1. The second kappa shape index (κ2) is 7.04. The molecular formula is C20H19N3O. The highest BCUT2D eigenvalue weighted by atomic mass is 16.1. The average Bonchev–Trinajstić information content (AvgIpc) is 2.63. The van der Waals surface area contributed by atoms with Gasteiger partial charge in [-0.3, -0.25) is 14.8 Å². The van der Waals surface area contributed by atoms with Crippen molar-refractivity contribution in [3.8, 4) is 11.1 Å². The fourth-order valence-electron chi connectivity index (χ4n) is 2.40. The number of hydrogen-bond acceptors (Lipinski definition) is 3. The molecule has 1 aromatic carbocycles. The fraction of sp³-hybridized carbons (Fsp3) is 0.150. The van der Waals surface area contributed by atoms with E-state index in [4.69, 9.17) is 0 Å². The summed E-state index contributed by atoms with van der Waals surface area (Å²) in [6.45, 7) is 4.62. The summed E-state index contributed by atoms with van der Waals surface area (Å²) in [7, 11) is 0. The van der Waals surface area contributed by atoms with Crippen LogP contribution in [0.3, 0.4) is 0 Å². The molecule has 4 heteroatoms. The zero-order valence-electron chi connectivity index (χ0n) is 13.8. The van der Waals surface area contributed by atoms with Crippen molar-refractivity contribution in [2.45, 2.75) is 20.4 Å². The molecule has 0 aliphatic heterocycles. The summed E-state index contributed by atoms with van der Waals surface area (Å²) in [6.07, 6.45) is 5.18. The molecule has 3 rings (SSSR count). The van der Waals surface area contributed by atoms with Crippen LogP contribution in [-0.2, 0) is 6.54 Å². The second-order valence-corrected chi connectivity index (χ2v) is 5.78. The lowest BCUT2D eigenvalue weighted by Crippen LogP contribution is -2.23. The largest absolute Gasteiger partial charge is 0.347 e. The van der Waals surface area contributed by atoms with Gasteiger partial charge in [-0.1, -0.05) is 30.3 Å². The molecule has 0 bridgehead atoms.